The number of carbonyl (C=O) groups excluding carboxylic acids is 1. The minimum Gasteiger partial charge on any atom is -0.422 e. The number of halogens is 4. The first-order chi connectivity index (χ1) is 18.0. The van der Waals surface area contributed by atoms with Crippen LogP contribution in [0.15, 0.2) is 74.3 Å². The molecule has 0 aliphatic rings. The number of primary amides is 1. The maximum absolute atomic E-state index is 12.5. The first kappa shape index (κ1) is 25.3. The molecule has 0 saturated carbocycles. The summed E-state index contributed by atoms with van der Waals surface area (Å²) in [4.78, 5) is 28.9. The minimum absolute atomic E-state index is 0.231. The van der Waals surface area contributed by atoms with Crippen LogP contribution in [0.2, 0.25) is 0 Å². The maximum Gasteiger partial charge on any atom is 0.573 e. The average Bonchev–Trinajstić information content (AvgIpc) is 3.15. The van der Waals surface area contributed by atoms with E-state index in [0.717, 1.165) is 10.0 Å². The van der Waals surface area contributed by atoms with E-state index >= 15 is 0 Å². The average molecular weight is 587 g/mol. The highest BCUT2D eigenvalue weighted by atomic mass is 79.9. The van der Waals surface area contributed by atoms with Crippen LogP contribution in [0.25, 0.3) is 22.0 Å². The highest BCUT2D eigenvalue weighted by Crippen LogP contribution is 2.31. The summed E-state index contributed by atoms with van der Waals surface area (Å²) in [5.74, 6) is -0.856. The fourth-order valence-corrected chi connectivity index (χ4v) is 4.41. The van der Waals surface area contributed by atoms with Crippen molar-refractivity contribution in [2.45, 2.75) is 19.8 Å². The van der Waals surface area contributed by atoms with E-state index in [-0.39, 0.29) is 16.9 Å². The van der Waals surface area contributed by atoms with Crippen molar-refractivity contribution in [2.24, 2.45) is 5.73 Å². The second-order valence-corrected chi connectivity index (χ2v) is 9.35. The number of nitrogens with zero attached hydrogens (tertiary/aromatic N) is 2. The van der Waals surface area contributed by atoms with Gasteiger partial charge in [-0.05, 0) is 60.5 Å². The van der Waals surface area contributed by atoms with Crippen molar-refractivity contribution in [3.63, 3.8) is 0 Å². The van der Waals surface area contributed by atoms with Crippen molar-refractivity contribution in [2.75, 3.05) is 5.32 Å². The van der Waals surface area contributed by atoms with Crippen LogP contribution in [0, 0.1) is 6.92 Å². The Morgan fingerprint density at radius 3 is 2.45 bits per heavy atom. The smallest absolute Gasteiger partial charge is 0.422 e. The highest BCUT2D eigenvalue weighted by molar-refractivity contribution is 9.10. The lowest BCUT2D eigenvalue weighted by Crippen LogP contribution is -2.22. The summed E-state index contributed by atoms with van der Waals surface area (Å²) in [6.45, 7) is 1.98. The second kappa shape index (κ2) is 9.53. The number of imidazole rings is 1. The van der Waals surface area contributed by atoms with Crippen molar-refractivity contribution in [1.82, 2.24) is 9.55 Å². The van der Waals surface area contributed by atoms with Gasteiger partial charge in [0, 0.05) is 21.6 Å². The van der Waals surface area contributed by atoms with Gasteiger partial charge >= 0.3 is 12.0 Å². The van der Waals surface area contributed by atoms with E-state index in [1.165, 1.54) is 24.3 Å². The summed E-state index contributed by atoms with van der Waals surface area (Å²) in [6, 6.07) is 16.2. The summed E-state index contributed by atoms with van der Waals surface area (Å²) < 4.78 is 49.7. The number of aryl methyl sites for hydroxylation is 1. The Hall–Kier alpha value is -4.32. The maximum atomic E-state index is 12.5. The largest absolute Gasteiger partial charge is 0.573 e. The molecule has 0 radical (unpaired) electrons. The van der Waals surface area contributed by atoms with E-state index in [1.54, 1.807) is 19.1 Å². The number of fused-ring (bicyclic) bond motifs is 2. The molecule has 0 aliphatic heterocycles. The molecule has 194 valence electrons. The first-order valence-electron chi connectivity index (χ1n) is 11.1. The quantitative estimate of drug-likeness (QED) is 0.236. The van der Waals surface area contributed by atoms with E-state index in [2.05, 4.69) is 31.0 Å². The molecule has 0 atom stereocenters. The van der Waals surface area contributed by atoms with Gasteiger partial charge in [0.15, 0.2) is 0 Å². The second-order valence-electron chi connectivity index (χ2n) is 8.44. The van der Waals surface area contributed by atoms with Gasteiger partial charge in [0.1, 0.15) is 16.9 Å². The zero-order valence-electron chi connectivity index (χ0n) is 19.6. The van der Waals surface area contributed by atoms with E-state index < -0.39 is 17.9 Å². The molecule has 0 aliphatic carbocycles. The number of rotatable bonds is 6. The lowest BCUT2D eigenvalue weighted by molar-refractivity contribution is -0.274. The van der Waals surface area contributed by atoms with Crippen molar-refractivity contribution in [3.05, 3.63) is 92.2 Å². The van der Waals surface area contributed by atoms with Gasteiger partial charge in [0.2, 0.25) is 5.95 Å². The highest BCUT2D eigenvalue weighted by Gasteiger charge is 2.31. The summed E-state index contributed by atoms with van der Waals surface area (Å²) in [7, 11) is 0. The lowest BCUT2D eigenvalue weighted by Gasteiger charge is -2.13. The van der Waals surface area contributed by atoms with Gasteiger partial charge in [-0.2, -0.15) is 0 Å². The van der Waals surface area contributed by atoms with Crippen molar-refractivity contribution in [1.29, 1.82) is 0 Å². The molecule has 2 heterocycles. The fourth-order valence-electron chi connectivity index (χ4n) is 4.15. The van der Waals surface area contributed by atoms with E-state index in [4.69, 9.17) is 10.2 Å². The van der Waals surface area contributed by atoms with Crippen LogP contribution in [0.4, 0.5) is 24.8 Å². The van der Waals surface area contributed by atoms with Crippen LogP contribution in [0.5, 0.6) is 5.75 Å². The number of benzene rings is 3. The van der Waals surface area contributed by atoms with Gasteiger partial charge in [0.05, 0.1) is 17.6 Å². The van der Waals surface area contributed by atoms with Gasteiger partial charge in [-0.15, -0.1) is 13.2 Å². The predicted octanol–water partition coefficient (Wildman–Crippen LogP) is 6.00. The molecule has 0 bridgehead atoms. The van der Waals surface area contributed by atoms with Gasteiger partial charge in [-0.3, -0.25) is 4.79 Å². The molecule has 8 nitrogen and oxygen atoms in total. The molecule has 38 heavy (non-hydrogen) atoms. The predicted molar refractivity (Wildman–Crippen MR) is 139 cm³/mol. The van der Waals surface area contributed by atoms with Crippen molar-refractivity contribution < 1.29 is 27.1 Å². The number of anilines is 2. The number of ether oxygens (including phenoxy) is 1. The summed E-state index contributed by atoms with van der Waals surface area (Å²) in [5.41, 5.74) is 7.49. The number of alkyl halides is 3. The lowest BCUT2D eigenvalue weighted by atomic mass is 10.1. The zero-order chi connectivity index (χ0) is 27.2. The Labute approximate surface area is 221 Å². The van der Waals surface area contributed by atoms with Gasteiger partial charge in [0.25, 0.3) is 5.91 Å². The van der Waals surface area contributed by atoms with Gasteiger partial charge in [-0.25, -0.2) is 9.78 Å². The van der Waals surface area contributed by atoms with E-state index in [9.17, 15) is 22.8 Å². The van der Waals surface area contributed by atoms with Crippen LogP contribution < -0.4 is 21.4 Å². The number of nitrogens with one attached hydrogen (secondary N) is 1. The molecule has 0 fully saturated rings. The normalized spacial score (nSPS) is 11.7. The summed E-state index contributed by atoms with van der Waals surface area (Å²) in [6.07, 6.45) is -4.79. The zero-order valence-corrected chi connectivity index (χ0v) is 21.2. The minimum atomic E-state index is -4.79. The van der Waals surface area contributed by atoms with Crippen LogP contribution in [-0.2, 0) is 6.54 Å². The SMILES string of the molecule is Cc1c(C(N)=O)c(=O)oc2cc3c(cc12)nc(Nc1ccc(OC(F)(F)F)cc1)n3Cc1ccc(Br)cc1. The van der Waals surface area contributed by atoms with Crippen LogP contribution in [-0.4, -0.2) is 21.8 Å². The molecule has 2 aromatic heterocycles. The Morgan fingerprint density at radius 1 is 1.13 bits per heavy atom. The molecule has 5 rings (SSSR count). The Balaban J connectivity index is 1.63. The molecule has 0 saturated heterocycles. The Kier molecular flexibility index (Phi) is 6.35. The molecule has 12 heteroatoms. The number of amides is 1. The molecule has 5 aromatic rings. The first-order valence-corrected chi connectivity index (χ1v) is 11.9. The summed E-state index contributed by atoms with van der Waals surface area (Å²) >= 11 is 3.42. The van der Waals surface area contributed by atoms with Gasteiger partial charge in [-0.1, -0.05) is 28.1 Å². The van der Waals surface area contributed by atoms with Crippen LogP contribution >= 0.6 is 15.9 Å². The van der Waals surface area contributed by atoms with E-state index in [0.29, 0.717) is 40.2 Å². The van der Waals surface area contributed by atoms with Crippen molar-refractivity contribution >= 4 is 55.5 Å². The molecular formula is C26H18BrF3N4O4. The third-order valence-electron chi connectivity index (χ3n) is 5.88. The number of nitrogens with two attached hydrogens (primary N) is 1. The Morgan fingerprint density at radius 2 is 1.82 bits per heavy atom. The number of carbonyl (C=O) groups is 1. The molecule has 3 N–H and O–H groups in total. The Bertz CT molecular complexity index is 1740. The topological polar surface area (TPSA) is 112 Å². The number of hydrogen-bond donors (Lipinski definition) is 2. The molecule has 0 spiro atoms. The standard InChI is InChI=1S/C26H18BrF3N4O4/c1-13-18-10-19-20(11-21(18)37-24(36)22(13)23(31)35)34(12-14-2-4-15(27)5-3-14)25(33-19)32-16-6-8-17(9-7-16)38-26(28,29)30/h2-11H,12H2,1H3,(H2,31,35)(H,32,33). The van der Waals surface area contributed by atoms with Crippen LogP contribution in [0.1, 0.15) is 21.5 Å². The molecule has 0 unspecified atom stereocenters. The molecular weight excluding hydrogens is 569 g/mol. The fraction of sp³-hybridized carbons (Fsp3) is 0.115. The number of aromatic nitrogens is 2. The number of hydrogen-bond acceptors (Lipinski definition) is 6. The third kappa shape index (κ3) is 5.07. The third-order valence-corrected chi connectivity index (χ3v) is 6.41. The van der Waals surface area contributed by atoms with Crippen molar-refractivity contribution in [3.8, 4) is 5.75 Å². The van der Waals surface area contributed by atoms with Gasteiger partial charge < -0.3 is 24.8 Å². The molecule has 1 amide bonds. The van der Waals surface area contributed by atoms with Crippen LogP contribution in [0.3, 0.4) is 0 Å². The monoisotopic (exact) mass is 586 g/mol. The molecule has 3 aromatic carbocycles. The van der Waals surface area contributed by atoms with E-state index in [1.807, 2.05) is 28.8 Å². The summed E-state index contributed by atoms with van der Waals surface area (Å²) in [5, 5.41) is 3.63.